The van der Waals surface area contributed by atoms with E-state index in [1.54, 1.807) is 0 Å². The first-order valence-electron chi connectivity index (χ1n) is 8.03. The van der Waals surface area contributed by atoms with Gasteiger partial charge in [0.05, 0.1) is 0 Å². The molecule has 114 valence electrons. The van der Waals surface area contributed by atoms with Gasteiger partial charge in [0.15, 0.2) is 0 Å². The Labute approximate surface area is 121 Å². The molecule has 3 N–H and O–H groups in total. The van der Waals surface area contributed by atoms with Crippen LogP contribution >= 0.6 is 0 Å². The van der Waals surface area contributed by atoms with Crippen molar-refractivity contribution in [3.8, 4) is 0 Å². The standard InChI is InChI=1S/C15H27N3O2/c19-14(18-12-5-2-1-3-6-12)8-10-17-15(20)11-13-7-4-9-16-13/h12-13,16H,1-11H2,(H,17,20)(H,18,19). The molecule has 2 aliphatic rings. The van der Waals surface area contributed by atoms with E-state index in [4.69, 9.17) is 0 Å². The van der Waals surface area contributed by atoms with Crippen molar-refractivity contribution >= 4 is 11.8 Å². The fraction of sp³-hybridized carbons (Fsp3) is 0.867. The second-order valence-electron chi connectivity index (χ2n) is 6.00. The predicted molar refractivity (Wildman–Crippen MR) is 78.3 cm³/mol. The van der Waals surface area contributed by atoms with E-state index < -0.39 is 0 Å². The zero-order chi connectivity index (χ0) is 14.2. The highest BCUT2D eigenvalue weighted by molar-refractivity contribution is 5.79. The molecule has 0 aromatic carbocycles. The van der Waals surface area contributed by atoms with E-state index in [0.29, 0.717) is 31.5 Å². The minimum Gasteiger partial charge on any atom is -0.356 e. The number of hydrogen-bond acceptors (Lipinski definition) is 3. The van der Waals surface area contributed by atoms with Crippen LogP contribution in [0.3, 0.4) is 0 Å². The first kappa shape index (κ1) is 15.3. The molecule has 1 saturated heterocycles. The van der Waals surface area contributed by atoms with Gasteiger partial charge in [0, 0.05) is 31.5 Å². The Hall–Kier alpha value is -1.10. The van der Waals surface area contributed by atoms with Gasteiger partial charge in [0.25, 0.3) is 0 Å². The zero-order valence-corrected chi connectivity index (χ0v) is 12.2. The number of carbonyl (C=O) groups excluding carboxylic acids is 2. The number of hydrogen-bond donors (Lipinski definition) is 3. The molecule has 5 nitrogen and oxygen atoms in total. The molecule has 2 amide bonds. The summed E-state index contributed by atoms with van der Waals surface area (Å²) >= 11 is 0. The predicted octanol–water partition coefficient (Wildman–Crippen LogP) is 1.08. The fourth-order valence-electron chi connectivity index (χ4n) is 3.09. The summed E-state index contributed by atoms with van der Waals surface area (Å²) in [6, 6.07) is 0.681. The molecular weight excluding hydrogens is 254 g/mol. The Morgan fingerprint density at radius 2 is 1.80 bits per heavy atom. The van der Waals surface area contributed by atoms with Gasteiger partial charge < -0.3 is 16.0 Å². The lowest BCUT2D eigenvalue weighted by molar-refractivity contribution is -0.123. The van der Waals surface area contributed by atoms with Crippen LogP contribution in [0.1, 0.15) is 57.8 Å². The van der Waals surface area contributed by atoms with Gasteiger partial charge in [-0.2, -0.15) is 0 Å². The molecule has 1 atom stereocenters. The van der Waals surface area contributed by atoms with Crippen LogP contribution in [0.25, 0.3) is 0 Å². The number of nitrogens with one attached hydrogen (secondary N) is 3. The Bertz CT molecular complexity index is 321. The van der Waals surface area contributed by atoms with E-state index in [-0.39, 0.29) is 11.8 Å². The average Bonchev–Trinajstić information content (AvgIpc) is 2.92. The highest BCUT2D eigenvalue weighted by Gasteiger charge is 2.18. The summed E-state index contributed by atoms with van der Waals surface area (Å²) in [4.78, 5) is 23.5. The molecule has 1 unspecified atom stereocenters. The Morgan fingerprint density at radius 3 is 2.50 bits per heavy atom. The topological polar surface area (TPSA) is 70.2 Å². The lowest BCUT2D eigenvalue weighted by atomic mass is 9.95. The summed E-state index contributed by atoms with van der Waals surface area (Å²) in [5.74, 6) is 0.117. The van der Waals surface area contributed by atoms with Gasteiger partial charge in [-0.05, 0) is 32.2 Å². The van der Waals surface area contributed by atoms with Crippen LogP contribution in [0.5, 0.6) is 0 Å². The summed E-state index contributed by atoms with van der Waals surface area (Å²) in [5.41, 5.74) is 0. The summed E-state index contributed by atoms with van der Waals surface area (Å²) in [6.45, 7) is 1.46. The van der Waals surface area contributed by atoms with Crippen molar-refractivity contribution in [2.45, 2.75) is 69.9 Å². The number of rotatable bonds is 6. The van der Waals surface area contributed by atoms with Gasteiger partial charge in [0.2, 0.25) is 11.8 Å². The first-order valence-corrected chi connectivity index (χ1v) is 8.03. The molecule has 0 bridgehead atoms. The average molecular weight is 281 g/mol. The van der Waals surface area contributed by atoms with Crippen molar-refractivity contribution in [2.75, 3.05) is 13.1 Å². The third-order valence-electron chi connectivity index (χ3n) is 4.24. The van der Waals surface area contributed by atoms with Crippen LogP contribution < -0.4 is 16.0 Å². The van der Waals surface area contributed by atoms with Crippen LogP contribution in [-0.2, 0) is 9.59 Å². The highest BCUT2D eigenvalue weighted by atomic mass is 16.2. The molecule has 1 aliphatic heterocycles. The van der Waals surface area contributed by atoms with Crippen LogP contribution in [0, 0.1) is 0 Å². The molecule has 1 saturated carbocycles. The monoisotopic (exact) mass is 281 g/mol. The smallest absolute Gasteiger partial charge is 0.221 e. The number of carbonyl (C=O) groups is 2. The lowest BCUT2D eigenvalue weighted by Gasteiger charge is -2.22. The summed E-state index contributed by atoms with van der Waals surface area (Å²) in [6.07, 6.45) is 9.09. The maximum absolute atomic E-state index is 11.8. The van der Waals surface area contributed by atoms with Gasteiger partial charge in [-0.1, -0.05) is 19.3 Å². The van der Waals surface area contributed by atoms with Crippen molar-refractivity contribution in [3.63, 3.8) is 0 Å². The van der Waals surface area contributed by atoms with Gasteiger partial charge in [-0.25, -0.2) is 0 Å². The quantitative estimate of drug-likeness (QED) is 0.682. The first-order chi connectivity index (χ1) is 9.74. The van der Waals surface area contributed by atoms with E-state index in [1.165, 1.54) is 19.3 Å². The van der Waals surface area contributed by atoms with Crippen LogP contribution in [0.15, 0.2) is 0 Å². The largest absolute Gasteiger partial charge is 0.356 e. The van der Waals surface area contributed by atoms with E-state index in [0.717, 1.165) is 32.2 Å². The summed E-state index contributed by atoms with van der Waals surface area (Å²) in [7, 11) is 0. The van der Waals surface area contributed by atoms with E-state index in [2.05, 4.69) is 16.0 Å². The van der Waals surface area contributed by atoms with Gasteiger partial charge in [-0.3, -0.25) is 9.59 Å². The summed E-state index contributed by atoms with van der Waals surface area (Å²) < 4.78 is 0. The highest BCUT2D eigenvalue weighted by Crippen LogP contribution is 2.17. The molecule has 2 fully saturated rings. The van der Waals surface area contributed by atoms with E-state index >= 15 is 0 Å². The van der Waals surface area contributed by atoms with Gasteiger partial charge in [0.1, 0.15) is 0 Å². The zero-order valence-electron chi connectivity index (χ0n) is 12.2. The Kier molecular flexibility index (Phi) is 6.30. The maximum atomic E-state index is 11.8. The van der Waals surface area contributed by atoms with Gasteiger partial charge >= 0.3 is 0 Å². The van der Waals surface area contributed by atoms with Crippen LogP contribution in [-0.4, -0.2) is 37.0 Å². The normalized spacial score (nSPS) is 23.5. The molecule has 0 spiro atoms. The Morgan fingerprint density at radius 1 is 1.00 bits per heavy atom. The second-order valence-corrected chi connectivity index (χ2v) is 6.00. The summed E-state index contributed by atoms with van der Waals surface area (Å²) in [5, 5.41) is 9.20. The third-order valence-corrected chi connectivity index (χ3v) is 4.24. The number of amides is 2. The molecular formula is C15H27N3O2. The van der Waals surface area contributed by atoms with E-state index in [9.17, 15) is 9.59 Å². The van der Waals surface area contributed by atoms with Crippen molar-refractivity contribution in [2.24, 2.45) is 0 Å². The molecule has 0 radical (unpaired) electrons. The molecule has 0 aromatic heterocycles. The molecule has 1 aliphatic carbocycles. The second kappa shape index (κ2) is 8.25. The van der Waals surface area contributed by atoms with Gasteiger partial charge in [-0.15, -0.1) is 0 Å². The van der Waals surface area contributed by atoms with Crippen molar-refractivity contribution in [1.29, 1.82) is 0 Å². The molecule has 1 heterocycles. The maximum Gasteiger partial charge on any atom is 0.221 e. The minimum atomic E-state index is 0.0508. The molecule has 20 heavy (non-hydrogen) atoms. The van der Waals surface area contributed by atoms with Crippen molar-refractivity contribution < 1.29 is 9.59 Å². The SMILES string of the molecule is O=C(CC1CCCN1)NCCC(=O)NC1CCCCC1. The van der Waals surface area contributed by atoms with Crippen LogP contribution in [0.2, 0.25) is 0 Å². The lowest BCUT2D eigenvalue weighted by Crippen LogP contribution is -2.38. The third kappa shape index (κ3) is 5.49. The van der Waals surface area contributed by atoms with Crippen molar-refractivity contribution in [1.82, 2.24) is 16.0 Å². The fourth-order valence-corrected chi connectivity index (χ4v) is 3.09. The van der Waals surface area contributed by atoms with E-state index in [1.807, 2.05) is 0 Å². The van der Waals surface area contributed by atoms with Crippen LogP contribution in [0.4, 0.5) is 0 Å². The molecule has 2 rings (SSSR count). The molecule has 5 heteroatoms. The minimum absolute atomic E-state index is 0.0508. The van der Waals surface area contributed by atoms with Crippen molar-refractivity contribution in [3.05, 3.63) is 0 Å². The Balaban J connectivity index is 1.52. The molecule has 0 aromatic rings.